The number of H-pyrrole nitrogens is 1. The number of nitrogens with one attached hydrogen (secondary N) is 2. The van der Waals surface area contributed by atoms with Crippen molar-refractivity contribution in [1.82, 2.24) is 10.2 Å². The molecule has 0 saturated carbocycles. The minimum atomic E-state index is -4.72. The van der Waals surface area contributed by atoms with E-state index in [9.17, 15) is 22.4 Å². The molecule has 0 radical (unpaired) electrons. The Hall–Kier alpha value is -1.60. The van der Waals surface area contributed by atoms with E-state index in [1.165, 1.54) is 6.07 Å². The normalized spacial score (nSPS) is 11.9. The van der Waals surface area contributed by atoms with Crippen molar-refractivity contribution in [2.24, 2.45) is 0 Å². The predicted molar refractivity (Wildman–Crippen MR) is 52.2 cm³/mol. The Bertz CT molecular complexity index is 391. The third kappa shape index (κ3) is 3.18. The van der Waals surface area contributed by atoms with Crippen molar-refractivity contribution in [3.8, 4) is 0 Å². The smallest absolute Gasteiger partial charge is 0.304 e. The van der Waals surface area contributed by atoms with Gasteiger partial charge in [-0.15, -0.1) is 0 Å². The van der Waals surface area contributed by atoms with Crippen LogP contribution in [0.25, 0.3) is 0 Å². The molecule has 96 valence electrons. The molecule has 1 aromatic heterocycles. The van der Waals surface area contributed by atoms with E-state index in [4.69, 9.17) is 0 Å². The van der Waals surface area contributed by atoms with Gasteiger partial charge in [-0.2, -0.15) is 13.9 Å². The first-order valence-electron chi connectivity index (χ1n) is 4.89. The Kier molecular flexibility index (Phi) is 4.08. The van der Waals surface area contributed by atoms with Gasteiger partial charge in [0.25, 0.3) is 0 Å². The molecule has 0 unspecified atom stereocenters. The SMILES string of the molecule is CCCc1cc(NC(=O)C(F)(F)C(F)F)n[nH]1. The summed E-state index contributed by atoms with van der Waals surface area (Å²) in [5.74, 6) is -6.98. The van der Waals surface area contributed by atoms with Crippen molar-refractivity contribution in [1.29, 1.82) is 0 Å². The molecule has 1 rings (SSSR count). The fourth-order valence-electron chi connectivity index (χ4n) is 1.12. The van der Waals surface area contributed by atoms with Gasteiger partial charge in [-0.25, -0.2) is 8.78 Å². The highest BCUT2D eigenvalue weighted by Crippen LogP contribution is 2.24. The summed E-state index contributed by atoms with van der Waals surface area (Å²) in [5, 5.41) is 7.64. The number of halogens is 4. The highest BCUT2D eigenvalue weighted by Gasteiger charge is 2.49. The molecule has 17 heavy (non-hydrogen) atoms. The second kappa shape index (κ2) is 5.15. The van der Waals surface area contributed by atoms with Crippen LogP contribution < -0.4 is 5.32 Å². The number of hydrogen-bond donors (Lipinski definition) is 2. The first-order chi connectivity index (χ1) is 7.87. The molecule has 0 fully saturated rings. The molecule has 4 nitrogen and oxygen atoms in total. The van der Waals surface area contributed by atoms with Crippen LogP contribution in [0, 0.1) is 0 Å². The van der Waals surface area contributed by atoms with Gasteiger partial charge >= 0.3 is 18.3 Å². The number of rotatable bonds is 5. The number of aromatic nitrogens is 2. The van der Waals surface area contributed by atoms with Crippen LogP contribution in [0.3, 0.4) is 0 Å². The molecule has 0 atom stereocenters. The first-order valence-corrected chi connectivity index (χ1v) is 4.89. The lowest BCUT2D eigenvalue weighted by molar-refractivity contribution is -0.163. The molecule has 0 saturated heterocycles. The van der Waals surface area contributed by atoms with Crippen molar-refractivity contribution in [3.63, 3.8) is 0 Å². The van der Waals surface area contributed by atoms with Gasteiger partial charge in [0.15, 0.2) is 5.82 Å². The zero-order valence-corrected chi connectivity index (χ0v) is 8.94. The minimum absolute atomic E-state index is 0.196. The summed E-state index contributed by atoms with van der Waals surface area (Å²) in [7, 11) is 0. The lowest BCUT2D eigenvalue weighted by Crippen LogP contribution is -2.41. The van der Waals surface area contributed by atoms with Crippen LogP contribution in [0.4, 0.5) is 23.4 Å². The maximum atomic E-state index is 12.6. The average molecular weight is 253 g/mol. The van der Waals surface area contributed by atoms with Gasteiger partial charge in [0.1, 0.15) is 0 Å². The maximum absolute atomic E-state index is 12.6. The zero-order valence-electron chi connectivity index (χ0n) is 8.94. The fourth-order valence-corrected chi connectivity index (χ4v) is 1.12. The standard InChI is InChI=1S/C9H11F4N3O/c1-2-3-5-4-6(16-15-5)14-8(17)9(12,13)7(10)11/h4,7H,2-3H2,1H3,(H2,14,15,16,17). The summed E-state index contributed by atoms with van der Waals surface area (Å²) in [6, 6.07) is 1.32. The van der Waals surface area contributed by atoms with Crippen molar-refractivity contribution in [2.75, 3.05) is 5.32 Å². The summed E-state index contributed by atoms with van der Waals surface area (Å²) in [6.07, 6.45) is -2.63. The van der Waals surface area contributed by atoms with Crippen LogP contribution >= 0.6 is 0 Å². The van der Waals surface area contributed by atoms with Crippen LogP contribution in [0.5, 0.6) is 0 Å². The monoisotopic (exact) mass is 253 g/mol. The second-order valence-electron chi connectivity index (χ2n) is 3.41. The van der Waals surface area contributed by atoms with Gasteiger partial charge in [0.05, 0.1) is 0 Å². The summed E-state index contributed by atoms with van der Waals surface area (Å²) < 4.78 is 48.9. The van der Waals surface area contributed by atoms with E-state index in [-0.39, 0.29) is 5.82 Å². The molecule has 8 heteroatoms. The fraction of sp³-hybridized carbons (Fsp3) is 0.556. The quantitative estimate of drug-likeness (QED) is 0.790. The van der Waals surface area contributed by atoms with E-state index in [1.54, 1.807) is 5.32 Å². The van der Waals surface area contributed by atoms with E-state index in [0.29, 0.717) is 12.1 Å². The Morgan fingerprint density at radius 1 is 1.59 bits per heavy atom. The van der Waals surface area contributed by atoms with Crippen molar-refractivity contribution in [2.45, 2.75) is 32.1 Å². The largest absolute Gasteiger partial charge is 0.383 e. The van der Waals surface area contributed by atoms with E-state index in [1.807, 2.05) is 6.92 Å². The molecule has 0 bridgehead atoms. The van der Waals surface area contributed by atoms with Crippen molar-refractivity contribution < 1.29 is 22.4 Å². The minimum Gasteiger partial charge on any atom is -0.304 e. The first kappa shape index (κ1) is 13.5. The molecule has 0 aliphatic rings. The van der Waals surface area contributed by atoms with Gasteiger partial charge in [-0.1, -0.05) is 13.3 Å². The number of amides is 1. The predicted octanol–water partition coefficient (Wildman–Crippen LogP) is 2.20. The van der Waals surface area contributed by atoms with Crippen LogP contribution in [0.15, 0.2) is 6.07 Å². The summed E-state index contributed by atoms with van der Waals surface area (Å²) >= 11 is 0. The zero-order chi connectivity index (χ0) is 13.1. The molecule has 0 spiro atoms. The maximum Gasteiger partial charge on any atom is 0.383 e. The van der Waals surface area contributed by atoms with Crippen LogP contribution in [-0.4, -0.2) is 28.5 Å². The lowest BCUT2D eigenvalue weighted by atomic mass is 10.2. The summed E-state index contributed by atoms with van der Waals surface area (Å²) in [5.41, 5.74) is 0.628. The number of alkyl halides is 4. The topological polar surface area (TPSA) is 57.8 Å². The number of nitrogens with zero attached hydrogens (tertiary/aromatic N) is 1. The van der Waals surface area contributed by atoms with Crippen LogP contribution in [0.1, 0.15) is 19.0 Å². The molecular weight excluding hydrogens is 242 g/mol. The van der Waals surface area contributed by atoms with Gasteiger partial charge in [0.2, 0.25) is 0 Å². The molecule has 0 aliphatic carbocycles. The molecule has 2 N–H and O–H groups in total. The third-order valence-electron chi connectivity index (χ3n) is 1.97. The van der Waals surface area contributed by atoms with Crippen LogP contribution in [-0.2, 0) is 11.2 Å². The van der Waals surface area contributed by atoms with Gasteiger partial charge in [0, 0.05) is 11.8 Å². The Balaban J connectivity index is 2.67. The molecular formula is C9H11F4N3O. The summed E-state index contributed by atoms with van der Waals surface area (Å²) in [6.45, 7) is 1.89. The van der Waals surface area contributed by atoms with E-state index in [0.717, 1.165) is 6.42 Å². The number of carbonyl (C=O) groups is 1. The third-order valence-corrected chi connectivity index (χ3v) is 1.97. The van der Waals surface area contributed by atoms with E-state index >= 15 is 0 Å². The number of hydrogen-bond acceptors (Lipinski definition) is 2. The van der Waals surface area contributed by atoms with Crippen LogP contribution in [0.2, 0.25) is 0 Å². The molecule has 1 aromatic rings. The number of anilines is 1. The Labute approximate surface area is 94.4 Å². The number of aromatic amines is 1. The van der Waals surface area contributed by atoms with E-state index in [2.05, 4.69) is 10.2 Å². The number of aryl methyl sites for hydroxylation is 1. The van der Waals surface area contributed by atoms with Gasteiger partial charge in [-0.3, -0.25) is 9.89 Å². The van der Waals surface area contributed by atoms with Gasteiger partial charge in [-0.05, 0) is 6.42 Å². The molecule has 0 aliphatic heterocycles. The molecule has 1 heterocycles. The Morgan fingerprint density at radius 3 is 2.76 bits per heavy atom. The molecule has 1 amide bonds. The average Bonchev–Trinajstić information content (AvgIpc) is 2.65. The Morgan fingerprint density at radius 2 is 2.24 bits per heavy atom. The number of carbonyl (C=O) groups excluding carboxylic acids is 1. The van der Waals surface area contributed by atoms with E-state index < -0.39 is 18.3 Å². The lowest BCUT2D eigenvalue weighted by Gasteiger charge is -2.13. The highest BCUT2D eigenvalue weighted by atomic mass is 19.3. The van der Waals surface area contributed by atoms with Gasteiger partial charge < -0.3 is 5.32 Å². The van der Waals surface area contributed by atoms with Crippen molar-refractivity contribution >= 4 is 11.7 Å². The van der Waals surface area contributed by atoms with Crippen molar-refractivity contribution in [3.05, 3.63) is 11.8 Å². The summed E-state index contributed by atoms with van der Waals surface area (Å²) in [4.78, 5) is 10.8. The molecule has 0 aromatic carbocycles. The highest BCUT2D eigenvalue weighted by molar-refractivity contribution is 5.95. The second-order valence-corrected chi connectivity index (χ2v) is 3.41.